The summed E-state index contributed by atoms with van der Waals surface area (Å²) in [7, 11) is 0. The second-order valence-corrected chi connectivity index (χ2v) is 8.11. The monoisotopic (exact) mass is 496 g/mol. The molecule has 0 saturated carbocycles. The Kier molecular flexibility index (Phi) is 7.88. The number of nitrogens with zero attached hydrogens (tertiary/aromatic N) is 2. The molecule has 1 amide bonds. The van der Waals surface area contributed by atoms with Gasteiger partial charge in [-0.3, -0.25) is 14.4 Å². The zero-order valence-electron chi connectivity index (χ0n) is 17.4. The van der Waals surface area contributed by atoms with E-state index in [1.165, 1.54) is 18.2 Å². The summed E-state index contributed by atoms with van der Waals surface area (Å²) in [6.45, 7) is 1.37. The highest BCUT2D eigenvalue weighted by atomic mass is 35.5. The number of aliphatic carboxylic acids is 1. The average molecular weight is 497 g/mol. The predicted molar refractivity (Wildman–Crippen MR) is 118 cm³/mol. The molecular weight excluding hydrogens is 478 g/mol. The van der Waals surface area contributed by atoms with Crippen molar-refractivity contribution < 1.29 is 33.4 Å². The molecule has 1 heterocycles. The Bertz CT molecular complexity index is 1120. The molecule has 8 nitrogen and oxygen atoms in total. The largest absolute Gasteiger partial charge is 0.481 e. The lowest BCUT2D eigenvalue weighted by molar-refractivity contribution is -0.154. The summed E-state index contributed by atoms with van der Waals surface area (Å²) in [5, 5.41) is 14.1. The van der Waals surface area contributed by atoms with Crippen LogP contribution in [0.5, 0.6) is 11.5 Å². The van der Waals surface area contributed by atoms with Gasteiger partial charge in [-0.1, -0.05) is 29.3 Å². The fraction of sp³-hybridized carbons (Fsp3) is 0.273. The van der Waals surface area contributed by atoms with Crippen LogP contribution in [0.25, 0.3) is 0 Å². The van der Waals surface area contributed by atoms with Crippen LogP contribution in [0, 0.1) is 12.7 Å². The summed E-state index contributed by atoms with van der Waals surface area (Å²) in [6, 6.07) is 7.89. The minimum Gasteiger partial charge on any atom is -0.481 e. The van der Waals surface area contributed by atoms with Gasteiger partial charge in [0.15, 0.2) is 18.3 Å². The number of carboxylic acid groups (broad SMARTS) is 1. The zero-order valence-corrected chi connectivity index (χ0v) is 19.0. The molecule has 0 aliphatic carbocycles. The third kappa shape index (κ3) is 6.66. The predicted octanol–water partition coefficient (Wildman–Crippen LogP) is 4.73. The van der Waals surface area contributed by atoms with Gasteiger partial charge in [0, 0.05) is 11.4 Å². The summed E-state index contributed by atoms with van der Waals surface area (Å²) in [5.41, 5.74) is 1.39. The van der Waals surface area contributed by atoms with Crippen LogP contribution in [-0.4, -0.2) is 40.4 Å². The number of hydrazone groups is 1. The molecule has 0 saturated heterocycles. The molecule has 11 heteroatoms. The maximum absolute atomic E-state index is 15.2. The molecule has 0 aromatic heterocycles. The number of hydrogen-bond acceptors (Lipinski definition) is 6. The SMILES string of the molecule is Cc1cc(Cl)cc(Oc2c(Cl)ccc(CC3=NN(COC(=O)CCC(=O)O)C(=O)C3)c2F)c1. The van der Waals surface area contributed by atoms with Gasteiger partial charge in [0.25, 0.3) is 5.91 Å². The van der Waals surface area contributed by atoms with Crippen molar-refractivity contribution in [3.63, 3.8) is 0 Å². The number of rotatable bonds is 9. The zero-order chi connectivity index (χ0) is 24.1. The molecule has 174 valence electrons. The lowest BCUT2D eigenvalue weighted by Gasteiger charge is -2.13. The molecule has 0 unspecified atom stereocenters. The molecule has 0 bridgehead atoms. The second kappa shape index (κ2) is 10.6. The van der Waals surface area contributed by atoms with E-state index in [1.807, 2.05) is 6.92 Å². The summed E-state index contributed by atoms with van der Waals surface area (Å²) in [6.07, 6.45) is -0.781. The van der Waals surface area contributed by atoms with Gasteiger partial charge < -0.3 is 14.6 Å². The smallest absolute Gasteiger partial charge is 0.308 e. The van der Waals surface area contributed by atoms with E-state index in [0.29, 0.717) is 16.5 Å². The molecule has 2 aromatic carbocycles. The fourth-order valence-electron chi connectivity index (χ4n) is 3.04. The van der Waals surface area contributed by atoms with Crippen LogP contribution in [0.2, 0.25) is 10.0 Å². The summed E-state index contributed by atoms with van der Waals surface area (Å²) in [4.78, 5) is 34.2. The number of ether oxygens (including phenoxy) is 2. The third-order valence-corrected chi connectivity index (χ3v) is 5.07. The van der Waals surface area contributed by atoms with Gasteiger partial charge in [0.05, 0.1) is 30.0 Å². The third-order valence-electron chi connectivity index (χ3n) is 4.56. The Labute approximate surface area is 198 Å². The van der Waals surface area contributed by atoms with Gasteiger partial charge in [-0.25, -0.2) is 4.39 Å². The highest BCUT2D eigenvalue weighted by molar-refractivity contribution is 6.32. The molecule has 0 fully saturated rings. The summed E-state index contributed by atoms with van der Waals surface area (Å²) in [5.74, 6) is -2.89. The van der Waals surface area contributed by atoms with Crippen molar-refractivity contribution in [1.82, 2.24) is 5.01 Å². The Morgan fingerprint density at radius 3 is 2.67 bits per heavy atom. The highest BCUT2D eigenvalue weighted by Crippen LogP contribution is 2.35. The first-order valence-corrected chi connectivity index (χ1v) is 10.5. The van der Waals surface area contributed by atoms with Gasteiger partial charge in [-0.2, -0.15) is 10.1 Å². The normalized spacial score (nSPS) is 13.2. The number of carbonyl (C=O) groups excluding carboxylic acids is 2. The van der Waals surface area contributed by atoms with Gasteiger partial charge in [0.1, 0.15) is 5.75 Å². The van der Waals surface area contributed by atoms with Crippen LogP contribution in [0.15, 0.2) is 35.4 Å². The van der Waals surface area contributed by atoms with Gasteiger partial charge >= 0.3 is 11.9 Å². The molecule has 1 aliphatic rings. The fourth-order valence-corrected chi connectivity index (χ4v) is 3.51. The van der Waals surface area contributed by atoms with E-state index < -0.39 is 30.4 Å². The van der Waals surface area contributed by atoms with E-state index >= 15 is 4.39 Å². The van der Waals surface area contributed by atoms with E-state index in [-0.39, 0.29) is 42.0 Å². The number of amides is 1. The van der Waals surface area contributed by atoms with Crippen LogP contribution in [0.1, 0.15) is 30.4 Å². The molecule has 0 spiro atoms. The van der Waals surface area contributed by atoms with Crippen molar-refractivity contribution in [3.05, 3.63) is 57.3 Å². The number of aryl methyl sites for hydroxylation is 1. The maximum Gasteiger partial charge on any atom is 0.308 e. The molecule has 0 atom stereocenters. The van der Waals surface area contributed by atoms with Crippen molar-refractivity contribution in [2.24, 2.45) is 5.10 Å². The van der Waals surface area contributed by atoms with Crippen molar-refractivity contribution in [2.45, 2.75) is 32.6 Å². The summed E-state index contributed by atoms with van der Waals surface area (Å²) >= 11 is 12.2. The number of hydrogen-bond donors (Lipinski definition) is 1. The minimum absolute atomic E-state index is 0.00311. The number of halogens is 3. The maximum atomic E-state index is 15.2. The van der Waals surface area contributed by atoms with E-state index in [9.17, 15) is 14.4 Å². The van der Waals surface area contributed by atoms with E-state index in [2.05, 4.69) is 5.10 Å². The minimum atomic E-state index is -1.14. The standard InChI is InChI=1S/C22H19Cl2FN2O6/c1-12-6-14(23)9-16(7-12)33-22-17(24)3-2-13(21(22)25)8-15-10-18(28)27(26-15)11-32-20(31)5-4-19(29)30/h2-3,6-7,9H,4-5,8,10-11H2,1H3,(H,29,30). The molecule has 0 radical (unpaired) electrons. The summed E-state index contributed by atoms with van der Waals surface area (Å²) < 4.78 is 25.7. The first kappa shape index (κ1) is 24.5. The van der Waals surface area contributed by atoms with Crippen LogP contribution < -0.4 is 4.74 Å². The van der Waals surface area contributed by atoms with Crippen LogP contribution in [0.3, 0.4) is 0 Å². The second-order valence-electron chi connectivity index (χ2n) is 7.27. The van der Waals surface area contributed by atoms with Crippen molar-refractivity contribution in [2.75, 3.05) is 6.73 Å². The number of benzene rings is 2. The van der Waals surface area contributed by atoms with Crippen LogP contribution >= 0.6 is 23.2 Å². The van der Waals surface area contributed by atoms with Gasteiger partial charge in [-0.05, 0) is 42.3 Å². The average Bonchev–Trinajstić information content (AvgIpc) is 3.08. The van der Waals surface area contributed by atoms with E-state index in [4.69, 9.17) is 37.8 Å². The first-order chi connectivity index (χ1) is 15.6. The van der Waals surface area contributed by atoms with E-state index in [1.54, 1.807) is 12.1 Å². The Morgan fingerprint density at radius 2 is 1.97 bits per heavy atom. The molecule has 2 aromatic rings. The van der Waals surface area contributed by atoms with Gasteiger partial charge in [-0.15, -0.1) is 0 Å². The van der Waals surface area contributed by atoms with Crippen molar-refractivity contribution in [3.8, 4) is 11.5 Å². The molecule has 3 rings (SSSR count). The van der Waals surface area contributed by atoms with E-state index in [0.717, 1.165) is 10.6 Å². The van der Waals surface area contributed by atoms with Crippen LogP contribution in [0.4, 0.5) is 4.39 Å². The van der Waals surface area contributed by atoms with Gasteiger partial charge in [0.2, 0.25) is 0 Å². The topological polar surface area (TPSA) is 106 Å². The molecule has 1 N–H and O–H groups in total. The molecular formula is C22H19Cl2FN2O6. The number of esters is 1. The highest BCUT2D eigenvalue weighted by Gasteiger charge is 2.26. The lowest BCUT2D eigenvalue weighted by Crippen LogP contribution is -2.25. The Hall–Kier alpha value is -3.17. The Balaban J connectivity index is 1.69. The number of carbonyl (C=O) groups is 3. The van der Waals surface area contributed by atoms with Crippen LogP contribution in [-0.2, 0) is 25.5 Å². The van der Waals surface area contributed by atoms with Crippen molar-refractivity contribution >= 4 is 46.8 Å². The van der Waals surface area contributed by atoms with Crippen molar-refractivity contribution in [1.29, 1.82) is 0 Å². The first-order valence-electron chi connectivity index (χ1n) is 9.78. The number of carboxylic acids is 1. The lowest BCUT2D eigenvalue weighted by atomic mass is 10.1. The molecule has 33 heavy (non-hydrogen) atoms. The molecule has 1 aliphatic heterocycles. The Morgan fingerprint density at radius 1 is 1.21 bits per heavy atom. The quantitative estimate of drug-likeness (QED) is 0.503.